The van der Waals surface area contributed by atoms with Crippen LogP contribution in [0, 0.1) is 0 Å². The third kappa shape index (κ3) is 3.14. The van der Waals surface area contributed by atoms with E-state index in [2.05, 4.69) is 19.2 Å². The molecule has 1 amide bonds. The summed E-state index contributed by atoms with van der Waals surface area (Å²) in [5, 5.41) is 12.4. The lowest BCUT2D eigenvalue weighted by Crippen LogP contribution is -2.51. The summed E-state index contributed by atoms with van der Waals surface area (Å²) in [6.07, 6.45) is 0.877. The van der Waals surface area contributed by atoms with E-state index in [4.69, 9.17) is 0 Å². The largest absolute Gasteiger partial charge is 0.394 e. The SMILES string of the molecule is CC1(C)CCNC(CO)C(=O)N1Cc1ccccc1. The number of carbonyl (C=O) groups is 1. The van der Waals surface area contributed by atoms with Crippen LogP contribution >= 0.6 is 0 Å². The quantitative estimate of drug-likeness (QED) is 0.859. The van der Waals surface area contributed by atoms with Gasteiger partial charge in [-0.05, 0) is 32.4 Å². The Morgan fingerprint density at radius 1 is 1.37 bits per heavy atom. The van der Waals surface area contributed by atoms with Crippen LogP contribution in [-0.2, 0) is 11.3 Å². The topological polar surface area (TPSA) is 52.6 Å². The summed E-state index contributed by atoms with van der Waals surface area (Å²) < 4.78 is 0. The average Bonchev–Trinajstić information content (AvgIpc) is 2.50. The first-order valence-electron chi connectivity index (χ1n) is 6.74. The van der Waals surface area contributed by atoms with Crippen molar-refractivity contribution in [3.8, 4) is 0 Å². The average molecular weight is 262 g/mol. The zero-order valence-corrected chi connectivity index (χ0v) is 11.6. The summed E-state index contributed by atoms with van der Waals surface area (Å²) in [4.78, 5) is 14.4. The van der Waals surface area contributed by atoms with Crippen LogP contribution in [0.4, 0.5) is 0 Å². The van der Waals surface area contributed by atoms with Crippen LogP contribution in [0.2, 0.25) is 0 Å². The van der Waals surface area contributed by atoms with E-state index in [-0.39, 0.29) is 18.1 Å². The molecule has 0 saturated carbocycles. The van der Waals surface area contributed by atoms with Crippen molar-refractivity contribution in [2.24, 2.45) is 0 Å². The summed E-state index contributed by atoms with van der Waals surface area (Å²) in [6, 6.07) is 9.49. The maximum absolute atomic E-state index is 12.5. The van der Waals surface area contributed by atoms with Gasteiger partial charge in [0.05, 0.1) is 6.61 Å². The lowest BCUT2D eigenvalue weighted by Gasteiger charge is -2.38. The van der Waals surface area contributed by atoms with Crippen LogP contribution in [0.3, 0.4) is 0 Å². The molecule has 1 saturated heterocycles. The molecule has 19 heavy (non-hydrogen) atoms. The van der Waals surface area contributed by atoms with Gasteiger partial charge in [-0.1, -0.05) is 30.3 Å². The van der Waals surface area contributed by atoms with Crippen LogP contribution in [0.5, 0.6) is 0 Å². The van der Waals surface area contributed by atoms with Gasteiger partial charge in [-0.2, -0.15) is 0 Å². The lowest BCUT2D eigenvalue weighted by atomic mass is 9.97. The standard InChI is InChI=1S/C15H22N2O2/c1-15(2)8-9-16-13(11-18)14(19)17(15)10-12-6-4-3-5-7-12/h3-7,13,16,18H,8-11H2,1-2H3. The summed E-state index contributed by atoms with van der Waals surface area (Å²) >= 11 is 0. The van der Waals surface area contributed by atoms with Gasteiger partial charge in [0.1, 0.15) is 6.04 Å². The van der Waals surface area contributed by atoms with E-state index < -0.39 is 6.04 Å². The number of amides is 1. The van der Waals surface area contributed by atoms with E-state index >= 15 is 0 Å². The van der Waals surface area contributed by atoms with E-state index in [0.717, 1.165) is 18.5 Å². The van der Waals surface area contributed by atoms with Gasteiger partial charge >= 0.3 is 0 Å². The number of benzene rings is 1. The molecule has 1 aromatic rings. The molecule has 0 bridgehead atoms. The van der Waals surface area contributed by atoms with E-state index in [1.807, 2.05) is 35.2 Å². The third-order valence-corrected chi connectivity index (χ3v) is 3.79. The molecule has 1 heterocycles. The van der Waals surface area contributed by atoms with Gasteiger partial charge in [0.2, 0.25) is 5.91 Å². The summed E-state index contributed by atoms with van der Waals surface area (Å²) in [5.41, 5.74) is 0.909. The van der Waals surface area contributed by atoms with Crippen LogP contribution in [-0.4, -0.2) is 40.6 Å². The second-order valence-corrected chi connectivity index (χ2v) is 5.66. The molecular weight excluding hydrogens is 240 g/mol. The van der Waals surface area contributed by atoms with Crippen molar-refractivity contribution in [2.45, 2.75) is 38.4 Å². The highest BCUT2D eigenvalue weighted by atomic mass is 16.3. The number of carbonyl (C=O) groups excluding carboxylic acids is 1. The third-order valence-electron chi connectivity index (χ3n) is 3.79. The number of hydrogen-bond donors (Lipinski definition) is 2. The minimum atomic E-state index is -0.481. The number of aliphatic hydroxyl groups is 1. The van der Waals surface area contributed by atoms with Gasteiger partial charge < -0.3 is 15.3 Å². The summed E-state index contributed by atoms with van der Waals surface area (Å²) in [6.45, 7) is 5.34. The number of rotatable bonds is 3. The predicted octanol–water partition coefficient (Wildman–Crippen LogP) is 1.15. The summed E-state index contributed by atoms with van der Waals surface area (Å²) in [5.74, 6) is -0.0196. The van der Waals surface area contributed by atoms with Crippen molar-refractivity contribution in [1.29, 1.82) is 0 Å². The highest BCUT2D eigenvalue weighted by molar-refractivity contribution is 5.83. The molecule has 4 nitrogen and oxygen atoms in total. The Balaban J connectivity index is 2.24. The molecule has 0 aliphatic carbocycles. The maximum Gasteiger partial charge on any atom is 0.242 e. The molecule has 1 aliphatic rings. The van der Waals surface area contributed by atoms with Gasteiger partial charge in [-0.15, -0.1) is 0 Å². The van der Waals surface area contributed by atoms with Crippen molar-refractivity contribution in [3.63, 3.8) is 0 Å². The second kappa shape index (κ2) is 5.72. The fraction of sp³-hybridized carbons (Fsp3) is 0.533. The Hall–Kier alpha value is -1.39. The van der Waals surface area contributed by atoms with Crippen molar-refractivity contribution in [1.82, 2.24) is 10.2 Å². The first-order chi connectivity index (χ1) is 9.04. The highest BCUT2D eigenvalue weighted by Gasteiger charge is 2.37. The second-order valence-electron chi connectivity index (χ2n) is 5.66. The minimum absolute atomic E-state index is 0.0196. The first-order valence-corrected chi connectivity index (χ1v) is 6.74. The molecule has 104 valence electrons. The molecule has 1 aromatic carbocycles. The number of nitrogens with one attached hydrogen (secondary N) is 1. The number of hydrogen-bond acceptors (Lipinski definition) is 3. The zero-order chi connectivity index (χ0) is 13.9. The first kappa shape index (κ1) is 14.0. The molecule has 2 rings (SSSR count). The van der Waals surface area contributed by atoms with Crippen molar-refractivity contribution in [2.75, 3.05) is 13.2 Å². The van der Waals surface area contributed by atoms with E-state index in [1.165, 1.54) is 0 Å². The van der Waals surface area contributed by atoms with Gasteiger partial charge in [-0.3, -0.25) is 4.79 Å². The smallest absolute Gasteiger partial charge is 0.242 e. The molecule has 2 N–H and O–H groups in total. The van der Waals surface area contributed by atoms with Crippen LogP contribution in [0.25, 0.3) is 0 Å². The molecule has 1 unspecified atom stereocenters. The normalized spacial score (nSPS) is 23.2. The molecule has 0 spiro atoms. The monoisotopic (exact) mass is 262 g/mol. The van der Waals surface area contributed by atoms with E-state index in [9.17, 15) is 9.90 Å². The Labute approximate surface area is 114 Å². The Morgan fingerprint density at radius 2 is 2.05 bits per heavy atom. The van der Waals surface area contributed by atoms with Gasteiger partial charge in [0, 0.05) is 12.1 Å². The zero-order valence-electron chi connectivity index (χ0n) is 11.6. The van der Waals surface area contributed by atoms with Crippen LogP contribution in [0.1, 0.15) is 25.8 Å². The molecular formula is C15H22N2O2. The molecule has 4 heteroatoms. The van der Waals surface area contributed by atoms with Crippen LogP contribution < -0.4 is 5.32 Å². The Bertz CT molecular complexity index is 431. The maximum atomic E-state index is 12.5. The van der Waals surface area contributed by atoms with Crippen LogP contribution in [0.15, 0.2) is 30.3 Å². The number of aliphatic hydroxyl groups excluding tert-OH is 1. The number of nitrogens with zero attached hydrogens (tertiary/aromatic N) is 1. The molecule has 0 radical (unpaired) electrons. The highest BCUT2D eigenvalue weighted by Crippen LogP contribution is 2.24. The molecule has 1 atom stereocenters. The van der Waals surface area contributed by atoms with Crippen molar-refractivity contribution in [3.05, 3.63) is 35.9 Å². The van der Waals surface area contributed by atoms with Gasteiger partial charge in [-0.25, -0.2) is 0 Å². The Kier molecular flexibility index (Phi) is 4.22. The van der Waals surface area contributed by atoms with Crippen molar-refractivity contribution < 1.29 is 9.90 Å². The molecule has 0 aromatic heterocycles. The minimum Gasteiger partial charge on any atom is -0.394 e. The fourth-order valence-corrected chi connectivity index (χ4v) is 2.46. The fourth-order valence-electron chi connectivity index (χ4n) is 2.46. The molecule has 1 aliphatic heterocycles. The lowest BCUT2D eigenvalue weighted by molar-refractivity contribution is -0.139. The van der Waals surface area contributed by atoms with E-state index in [0.29, 0.717) is 6.54 Å². The van der Waals surface area contributed by atoms with Crippen molar-refractivity contribution >= 4 is 5.91 Å². The van der Waals surface area contributed by atoms with E-state index in [1.54, 1.807) is 0 Å². The van der Waals surface area contributed by atoms with Gasteiger partial charge in [0.25, 0.3) is 0 Å². The van der Waals surface area contributed by atoms with Gasteiger partial charge in [0.15, 0.2) is 0 Å². The Morgan fingerprint density at radius 3 is 2.68 bits per heavy atom. The predicted molar refractivity (Wildman–Crippen MR) is 74.6 cm³/mol. The summed E-state index contributed by atoms with van der Waals surface area (Å²) in [7, 11) is 0. The molecule has 1 fully saturated rings.